The average molecular weight is 405 g/mol. The van der Waals surface area contributed by atoms with Crippen molar-refractivity contribution in [3.8, 4) is 5.69 Å². The zero-order valence-electron chi connectivity index (χ0n) is 15.5. The maximum Gasteiger partial charge on any atom is 0.293 e. The molecule has 7 heteroatoms. The largest absolute Gasteiger partial charge is 0.385 e. The number of hydrogen-bond donors (Lipinski definition) is 0. The smallest absolute Gasteiger partial charge is 0.293 e. The third-order valence-electron chi connectivity index (χ3n) is 4.45. The molecule has 3 rings (SSSR count). The van der Waals surface area contributed by atoms with Gasteiger partial charge in [0.1, 0.15) is 0 Å². The van der Waals surface area contributed by atoms with Crippen molar-refractivity contribution in [2.45, 2.75) is 20.3 Å². The van der Waals surface area contributed by atoms with Crippen molar-refractivity contribution in [2.24, 2.45) is 0 Å². The Bertz CT molecular complexity index is 920. The fourth-order valence-electron chi connectivity index (χ4n) is 3.14. The lowest BCUT2D eigenvalue weighted by Gasteiger charge is -2.11. The zero-order valence-corrected chi connectivity index (χ0v) is 17.1. The summed E-state index contributed by atoms with van der Waals surface area (Å²) in [5.41, 5.74) is 3.76. The van der Waals surface area contributed by atoms with Crippen LogP contribution in [0.5, 0.6) is 0 Å². The van der Waals surface area contributed by atoms with E-state index in [1.807, 2.05) is 44.2 Å². The number of para-hydroxylation sites is 1. The van der Waals surface area contributed by atoms with E-state index in [9.17, 15) is 9.59 Å². The van der Waals surface area contributed by atoms with Crippen LogP contribution < -0.4 is 0 Å². The van der Waals surface area contributed by atoms with E-state index < -0.39 is 0 Å². The fraction of sp³-hybridized carbons (Fsp3) is 0.300. The van der Waals surface area contributed by atoms with Crippen molar-refractivity contribution < 1.29 is 14.3 Å². The van der Waals surface area contributed by atoms with Gasteiger partial charge in [-0.15, -0.1) is 0 Å². The number of aromatic nitrogens is 1. The Morgan fingerprint density at radius 1 is 1.22 bits per heavy atom. The van der Waals surface area contributed by atoms with E-state index in [1.165, 1.54) is 4.90 Å². The summed E-state index contributed by atoms with van der Waals surface area (Å²) in [6, 6.07) is 9.62. The van der Waals surface area contributed by atoms with E-state index in [2.05, 4.69) is 4.57 Å². The molecule has 2 heterocycles. The predicted molar refractivity (Wildman–Crippen MR) is 109 cm³/mol. The summed E-state index contributed by atoms with van der Waals surface area (Å²) in [5, 5.41) is 0.423. The molecule has 142 valence electrons. The highest BCUT2D eigenvalue weighted by Crippen LogP contribution is 2.34. The third-order valence-corrected chi connectivity index (χ3v) is 5.68. The van der Waals surface area contributed by atoms with E-state index in [0.29, 0.717) is 29.5 Å². The van der Waals surface area contributed by atoms with Gasteiger partial charge in [-0.3, -0.25) is 14.5 Å². The van der Waals surface area contributed by atoms with Crippen LogP contribution in [-0.4, -0.2) is 40.9 Å². The number of methoxy groups -OCH3 is 1. The Labute approximate surface area is 167 Å². The Morgan fingerprint density at radius 2 is 1.96 bits per heavy atom. The molecule has 0 saturated carbocycles. The van der Waals surface area contributed by atoms with Crippen LogP contribution in [0.1, 0.15) is 23.4 Å². The SMILES string of the molecule is COCCCN1C(=O)S/C(=C/c2cc(C)n(-c3ccccc3Cl)c2C)C1=O. The number of benzene rings is 1. The molecule has 0 N–H and O–H groups in total. The topological polar surface area (TPSA) is 51.5 Å². The quantitative estimate of drug-likeness (QED) is 0.511. The van der Waals surface area contributed by atoms with E-state index in [4.69, 9.17) is 16.3 Å². The van der Waals surface area contributed by atoms with Gasteiger partial charge in [0, 0.05) is 31.6 Å². The van der Waals surface area contributed by atoms with Crippen LogP contribution in [0.25, 0.3) is 11.8 Å². The monoisotopic (exact) mass is 404 g/mol. The molecule has 1 saturated heterocycles. The van der Waals surface area contributed by atoms with E-state index in [-0.39, 0.29) is 11.1 Å². The minimum Gasteiger partial charge on any atom is -0.385 e. The standard InChI is InChI=1S/C20H21ClN2O3S/c1-13-11-15(14(2)23(13)17-8-5-4-7-16(17)21)12-18-19(24)22(20(25)27-18)9-6-10-26-3/h4-5,7-8,11-12H,6,9-10H2,1-3H3/b18-12+. The lowest BCUT2D eigenvalue weighted by atomic mass is 10.2. The van der Waals surface area contributed by atoms with Crippen LogP contribution in [0.4, 0.5) is 4.79 Å². The number of amides is 2. The van der Waals surface area contributed by atoms with E-state index in [0.717, 1.165) is 34.4 Å². The van der Waals surface area contributed by atoms with Crippen molar-refractivity contribution in [3.63, 3.8) is 0 Å². The van der Waals surface area contributed by atoms with Gasteiger partial charge >= 0.3 is 0 Å². The minimum atomic E-state index is -0.247. The highest BCUT2D eigenvalue weighted by Gasteiger charge is 2.34. The summed E-state index contributed by atoms with van der Waals surface area (Å²) in [5.74, 6) is -0.247. The number of hydrogen-bond acceptors (Lipinski definition) is 4. The highest BCUT2D eigenvalue weighted by molar-refractivity contribution is 8.18. The van der Waals surface area contributed by atoms with Gasteiger partial charge in [-0.05, 0) is 61.9 Å². The number of imide groups is 1. The Balaban J connectivity index is 1.90. The number of carbonyl (C=O) groups excluding carboxylic acids is 2. The first-order chi connectivity index (χ1) is 12.9. The molecule has 1 aromatic carbocycles. The molecule has 0 atom stereocenters. The predicted octanol–water partition coefficient (Wildman–Crippen LogP) is 4.82. The van der Waals surface area contributed by atoms with Crippen LogP contribution in [0.3, 0.4) is 0 Å². The second kappa shape index (κ2) is 8.33. The number of aryl methyl sites for hydroxylation is 1. The molecular formula is C20H21ClN2O3S. The number of rotatable bonds is 6. The molecule has 1 fully saturated rings. The first-order valence-corrected chi connectivity index (χ1v) is 9.81. The van der Waals surface area contributed by atoms with Crippen LogP contribution in [0.15, 0.2) is 35.2 Å². The Morgan fingerprint density at radius 3 is 2.67 bits per heavy atom. The summed E-state index contributed by atoms with van der Waals surface area (Å²) in [6.07, 6.45) is 2.42. The van der Waals surface area contributed by atoms with Crippen molar-refractivity contribution in [1.29, 1.82) is 0 Å². The maximum atomic E-state index is 12.6. The molecule has 0 radical (unpaired) electrons. The summed E-state index contributed by atoms with van der Waals surface area (Å²) < 4.78 is 7.05. The summed E-state index contributed by atoms with van der Waals surface area (Å²) in [4.78, 5) is 26.5. The first kappa shape index (κ1) is 19.7. The van der Waals surface area contributed by atoms with E-state index in [1.54, 1.807) is 13.2 Å². The molecule has 0 spiro atoms. The molecule has 1 aromatic heterocycles. The van der Waals surface area contributed by atoms with Crippen LogP contribution in [0.2, 0.25) is 5.02 Å². The number of thioether (sulfide) groups is 1. The molecular weight excluding hydrogens is 384 g/mol. The van der Waals surface area contributed by atoms with Crippen molar-refractivity contribution in [3.05, 3.63) is 57.2 Å². The van der Waals surface area contributed by atoms with Crippen molar-refractivity contribution >= 4 is 40.6 Å². The average Bonchev–Trinajstić information content (AvgIpc) is 3.06. The fourth-order valence-corrected chi connectivity index (χ4v) is 4.21. The summed E-state index contributed by atoms with van der Waals surface area (Å²) >= 11 is 7.33. The van der Waals surface area contributed by atoms with Gasteiger partial charge in [-0.2, -0.15) is 0 Å². The number of halogens is 1. The zero-order chi connectivity index (χ0) is 19.6. The molecule has 1 aliphatic rings. The second-order valence-corrected chi connectivity index (χ2v) is 7.69. The number of carbonyl (C=O) groups is 2. The van der Waals surface area contributed by atoms with Crippen LogP contribution in [0, 0.1) is 13.8 Å². The minimum absolute atomic E-state index is 0.234. The van der Waals surface area contributed by atoms with Gasteiger partial charge in [0.05, 0.1) is 15.6 Å². The third kappa shape index (κ3) is 3.98. The Kier molecular flexibility index (Phi) is 6.09. The summed E-state index contributed by atoms with van der Waals surface area (Å²) in [6.45, 7) is 4.85. The first-order valence-electron chi connectivity index (χ1n) is 8.62. The van der Waals surface area contributed by atoms with Gasteiger partial charge < -0.3 is 9.30 Å². The molecule has 2 amide bonds. The Hall–Kier alpha value is -2.02. The van der Waals surface area contributed by atoms with Crippen molar-refractivity contribution in [2.75, 3.05) is 20.3 Å². The normalized spacial score (nSPS) is 16.0. The molecule has 0 unspecified atom stereocenters. The maximum absolute atomic E-state index is 12.6. The molecule has 5 nitrogen and oxygen atoms in total. The second-order valence-electron chi connectivity index (χ2n) is 6.29. The van der Waals surface area contributed by atoms with Gasteiger partial charge in [0.15, 0.2) is 0 Å². The van der Waals surface area contributed by atoms with Gasteiger partial charge in [0.2, 0.25) is 0 Å². The molecule has 27 heavy (non-hydrogen) atoms. The van der Waals surface area contributed by atoms with Crippen molar-refractivity contribution in [1.82, 2.24) is 9.47 Å². The summed E-state index contributed by atoms with van der Waals surface area (Å²) in [7, 11) is 1.60. The van der Waals surface area contributed by atoms with Gasteiger partial charge in [-0.25, -0.2) is 0 Å². The van der Waals surface area contributed by atoms with Gasteiger partial charge in [-0.1, -0.05) is 23.7 Å². The lowest BCUT2D eigenvalue weighted by molar-refractivity contribution is -0.122. The molecule has 2 aromatic rings. The van der Waals surface area contributed by atoms with Gasteiger partial charge in [0.25, 0.3) is 11.1 Å². The molecule has 1 aliphatic heterocycles. The number of nitrogens with zero attached hydrogens (tertiary/aromatic N) is 2. The highest BCUT2D eigenvalue weighted by atomic mass is 35.5. The van der Waals surface area contributed by atoms with Crippen LogP contribution in [-0.2, 0) is 9.53 Å². The lowest BCUT2D eigenvalue weighted by Crippen LogP contribution is -2.29. The number of ether oxygens (including phenoxy) is 1. The van der Waals surface area contributed by atoms with E-state index >= 15 is 0 Å². The van der Waals surface area contributed by atoms with Crippen LogP contribution >= 0.6 is 23.4 Å². The molecule has 0 aliphatic carbocycles. The molecule has 0 bridgehead atoms.